The Labute approximate surface area is 170 Å². The number of amides is 2. The summed E-state index contributed by atoms with van der Waals surface area (Å²) in [7, 11) is 0. The molecule has 0 N–H and O–H groups in total. The zero-order chi connectivity index (χ0) is 19.7. The van der Waals surface area contributed by atoms with Crippen molar-refractivity contribution in [3.63, 3.8) is 0 Å². The Balaban J connectivity index is 1.59. The highest BCUT2D eigenvalue weighted by Gasteiger charge is 2.61. The van der Waals surface area contributed by atoms with Gasteiger partial charge in [0.2, 0.25) is 11.8 Å². The van der Waals surface area contributed by atoms with E-state index in [2.05, 4.69) is 37.3 Å². The van der Waals surface area contributed by atoms with E-state index in [9.17, 15) is 9.59 Å². The number of carbonyl (C=O) groups is 2. The van der Waals surface area contributed by atoms with Gasteiger partial charge in [-0.15, -0.1) is 0 Å². The molecule has 3 aromatic rings. The van der Waals surface area contributed by atoms with E-state index in [1.165, 1.54) is 32.7 Å². The molecular weight excluding hydrogens is 358 g/mol. The van der Waals surface area contributed by atoms with Crippen LogP contribution >= 0.6 is 0 Å². The van der Waals surface area contributed by atoms with Crippen molar-refractivity contribution >= 4 is 17.5 Å². The first-order chi connectivity index (χ1) is 14.2. The molecule has 4 atom stereocenters. The van der Waals surface area contributed by atoms with Crippen molar-refractivity contribution in [2.24, 2.45) is 11.8 Å². The Morgan fingerprint density at radius 3 is 1.86 bits per heavy atom. The number of nitrogens with zero attached hydrogens (tertiary/aromatic N) is 1. The molecule has 2 bridgehead atoms. The number of benzene rings is 3. The largest absolute Gasteiger partial charge is 0.274 e. The van der Waals surface area contributed by atoms with Crippen LogP contribution in [-0.4, -0.2) is 11.8 Å². The van der Waals surface area contributed by atoms with Crippen molar-refractivity contribution in [3.8, 4) is 0 Å². The Bertz CT molecular complexity index is 1170. The lowest BCUT2D eigenvalue weighted by atomic mass is 9.55. The van der Waals surface area contributed by atoms with Gasteiger partial charge in [0.15, 0.2) is 0 Å². The summed E-state index contributed by atoms with van der Waals surface area (Å²) in [6, 6.07) is 24.4. The second-order valence-corrected chi connectivity index (χ2v) is 8.30. The van der Waals surface area contributed by atoms with E-state index in [-0.39, 0.29) is 35.5 Å². The SMILES string of the molecule is CCc1ccc2c(c1)[C@H]1c3ccccc3[C@H]2[C@@H]2C(=O)N(c3ccccc3)C(=O)[C@H]12. The minimum atomic E-state index is -0.317. The first-order valence-electron chi connectivity index (χ1n) is 10.3. The van der Waals surface area contributed by atoms with Gasteiger partial charge in [-0.2, -0.15) is 0 Å². The molecule has 0 radical (unpaired) electrons. The van der Waals surface area contributed by atoms with Crippen molar-refractivity contribution < 1.29 is 9.59 Å². The molecule has 0 spiro atoms. The molecule has 1 fully saturated rings. The van der Waals surface area contributed by atoms with Crippen LogP contribution in [0.1, 0.15) is 46.6 Å². The lowest BCUT2D eigenvalue weighted by Crippen LogP contribution is -2.41. The number of aryl methyl sites for hydroxylation is 1. The van der Waals surface area contributed by atoms with Crippen molar-refractivity contribution in [2.75, 3.05) is 4.90 Å². The van der Waals surface area contributed by atoms with Crippen LogP contribution in [0, 0.1) is 11.8 Å². The number of hydrogen-bond acceptors (Lipinski definition) is 2. The Morgan fingerprint density at radius 1 is 0.690 bits per heavy atom. The first kappa shape index (κ1) is 16.7. The zero-order valence-electron chi connectivity index (χ0n) is 16.2. The monoisotopic (exact) mass is 379 g/mol. The molecule has 29 heavy (non-hydrogen) atoms. The normalized spacial score (nSPS) is 26.3. The maximum atomic E-state index is 13.6. The second kappa shape index (κ2) is 5.90. The highest BCUT2D eigenvalue weighted by molar-refractivity contribution is 6.23. The molecule has 3 aromatic carbocycles. The number of anilines is 1. The predicted octanol–water partition coefficient (Wildman–Crippen LogP) is 4.65. The summed E-state index contributed by atoms with van der Waals surface area (Å²) >= 11 is 0. The Kier molecular flexibility index (Phi) is 3.40. The van der Waals surface area contributed by atoms with Gasteiger partial charge in [-0.05, 0) is 46.4 Å². The molecule has 0 saturated carbocycles. The zero-order valence-corrected chi connectivity index (χ0v) is 16.2. The Morgan fingerprint density at radius 2 is 1.24 bits per heavy atom. The average molecular weight is 379 g/mol. The van der Waals surface area contributed by atoms with Gasteiger partial charge in [0.25, 0.3) is 0 Å². The standard InChI is InChI=1S/C26H21NO2/c1-2-15-12-13-19-20(14-15)22-18-11-7-6-10-17(18)21(19)23-24(22)26(29)27(25(23)28)16-8-4-3-5-9-16/h3-14,21-24H,2H2,1H3/t21-,22-,23+,24-/m1/s1. The third-order valence-electron chi connectivity index (χ3n) is 7.03. The highest BCUT2D eigenvalue weighted by Crippen LogP contribution is 2.61. The van der Waals surface area contributed by atoms with Gasteiger partial charge in [-0.3, -0.25) is 9.59 Å². The summed E-state index contributed by atoms with van der Waals surface area (Å²) in [4.78, 5) is 28.6. The van der Waals surface area contributed by atoms with Gasteiger partial charge < -0.3 is 0 Å². The van der Waals surface area contributed by atoms with E-state index in [4.69, 9.17) is 0 Å². The summed E-state index contributed by atoms with van der Waals surface area (Å²) in [6.07, 6.45) is 0.962. The molecule has 142 valence electrons. The Hall–Kier alpha value is -3.20. The summed E-state index contributed by atoms with van der Waals surface area (Å²) in [5.74, 6) is -0.839. The second-order valence-electron chi connectivity index (χ2n) is 8.30. The molecule has 0 unspecified atom stereocenters. The summed E-state index contributed by atoms with van der Waals surface area (Å²) in [5, 5.41) is 0. The quantitative estimate of drug-likeness (QED) is 0.608. The maximum absolute atomic E-state index is 13.6. The molecule has 7 rings (SSSR count). The fourth-order valence-corrected chi connectivity index (χ4v) is 5.83. The molecule has 1 aliphatic heterocycles. The molecule has 4 aliphatic rings. The van der Waals surface area contributed by atoms with Crippen molar-refractivity contribution in [1.82, 2.24) is 0 Å². The van der Waals surface area contributed by atoms with Crippen LogP contribution in [0.25, 0.3) is 0 Å². The molecule has 3 nitrogen and oxygen atoms in total. The van der Waals surface area contributed by atoms with Crippen molar-refractivity contribution in [1.29, 1.82) is 0 Å². The van der Waals surface area contributed by atoms with Crippen molar-refractivity contribution in [3.05, 3.63) is 101 Å². The number of rotatable bonds is 2. The minimum absolute atomic E-state index is 0.0483. The van der Waals surface area contributed by atoms with Gasteiger partial charge in [0.1, 0.15) is 0 Å². The third-order valence-corrected chi connectivity index (χ3v) is 7.03. The van der Waals surface area contributed by atoms with Gasteiger partial charge in [-0.25, -0.2) is 4.90 Å². The average Bonchev–Trinajstić information content (AvgIpc) is 3.04. The predicted molar refractivity (Wildman–Crippen MR) is 112 cm³/mol. The molecule has 1 heterocycles. The summed E-state index contributed by atoms with van der Waals surface area (Å²) in [5.41, 5.74) is 6.86. The summed E-state index contributed by atoms with van der Waals surface area (Å²) in [6.45, 7) is 2.15. The lowest BCUT2D eigenvalue weighted by Gasteiger charge is -2.46. The van der Waals surface area contributed by atoms with Crippen LogP contribution in [0.2, 0.25) is 0 Å². The molecule has 3 heteroatoms. The highest BCUT2D eigenvalue weighted by atomic mass is 16.2. The number of hydrogen-bond donors (Lipinski definition) is 0. The van der Waals surface area contributed by atoms with Crippen LogP contribution in [0.4, 0.5) is 5.69 Å². The van der Waals surface area contributed by atoms with Crippen molar-refractivity contribution in [2.45, 2.75) is 25.2 Å². The fourth-order valence-electron chi connectivity index (χ4n) is 5.83. The van der Waals surface area contributed by atoms with E-state index in [1.807, 2.05) is 42.5 Å². The molecule has 3 aliphatic carbocycles. The molecule has 1 saturated heterocycles. The molecule has 2 amide bonds. The first-order valence-corrected chi connectivity index (χ1v) is 10.3. The van der Waals surface area contributed by atoms with Gasteiger partial charge >= 0.3 is 0 Å². The van der Waals surface area contributed by atoms with Gasteiger partial charge in [0.05, 0.1) is 17.5 Å². The number of para-hydroxylation sites is 1. The van der Waals surface area contributed by atoms with Crippen LogP contribution in [0.15, 0.2) is 72.8 Å². The van der Waals surface area contributed by atoms with Crippen LogP contribution < -0.4 is 4.90 Å². The van der Waals surface area contributed by atoms with Crippen LogP contribution in [-0.2, 0) is 16.0 Å². The smallest absolute Gasteiger partial charge is 0.238 e. The van der Waals surface area contributed by atoms with Gasteiger partial charge in [0, 0.05) is 11.8 Å². The van der Waals surface area contributed by atoms with E-state index < -0.39 is 0 Å². The molecule has 0 aromatic heterocycles. The fraction of sp³-hybridized carbons (Fsp3) is 0.231. The van der Waals surface area contributed by atoms with E-state index in [0.717, 1.165) is 6.42 Å². The lowest BCUT2D eigenvalue weighted by molar-refractivity contribution is -0.122. The number of imide groups is 1. The minimum Gasteiger partial charge on any atom is -0.274 e. The number of carbonyl (C=O) groups excluding carboxylic acids is 2. The van der Waals surface area contributed by atoms with Crippen LogP contribution in [0.5, 0.6) is 0 Å². The third kappa shape index (κ3) is 2.08. The van der Waals surface area contributed by atoms with E-state index in [0.29, 0.717) is 5.69 Å². The van der Waals surface area contributed by atoms with E-state index in [1.54, 1.807) is 0 Å². The van der Waals surface area contributed by atoms with Crippen LogP contribution in [0.3, 0.4) is 0 Å². The van der Waals surface area contributed by atoms with E-state index >= 15 is 0 Å². The van der Waals surface area contributed by atoms with Gasteiger partial charge in [-0.1, -0.05) is 67.6 Å². The maximum Gasteiger partial charge on any atom is 0.238 e. The summed E-state index contributed by atoms with van der Waals surface area (Å²) < 4.78 is 0. The molecular formula is C26H21NO2. The topological polar surface area (TPSA) is 37.4 Å².